The molecule has 0 aromatic heterocycles. The summed E-state index contributed by atoms with van der Waals surface area (Å²) in [5, 5.41) is 8.78. The fraction of sp³-hybridized carbons (Fsp3) is 0.143. The lowest BCUT2D eigenvalue weighted by molar-refractivity contribution is 0.186. The SMILES string of the molecule is NC(O)c1c[c]ccc1. The van der Waals surface area contributed by atoms with Crippen molar-refractivity contribution in [2.24, 2.45) is 5.73 Å². The maximum absolute atomic E-state index is 8.78. The molecule has 0 fully saturated rings. The molecule has 0 heterocycles. The predicted octanol–water partition coefficient (Wildman–Crippen LogP) is 0.436. The first-order valence-corrected chi connectivity index (χ1v) is 2.70. The summed E-state index contributed by atoms with van der Waals surface area (Å²) in [6.45, 7) is 0. The van der Waals surface area contributed by atoms with Crippen LogP contribution in [0.5, 0.6) is 0 Å². The Morgan fingerprint density at radius 1 is 1.67 bits per heavy atom. The van der Waals surface area contributed by atoms with Gasteiger partial charge in [-0.2, -0.15) is 0 Å². The molecule has 1 aromatic rings. The van der Waals surface area contributed by atoms with Gasteiger partial charge in [0.1, 0.15) is 6.23 Å². The van der Waals surface area contributed by atoms with Crippen molar-refractivity contribution in [1.82, 2.24) is 0 Å². The molecule has 1 aromatic carbocycles. The van der Waals surface area contributed by atoms with Gasteiger partial charge < -0.3 is 10.8 Å². The van der Waals surface area contributed by atoms with Crippen molar-refractivity contribution in [2.75, 3.05) is 0 Å². The smallest absolute Gasteiger partial charge is 0.128 e. The molecule has 47 valence electrons. The molecule has 3 N–H and O–H groups in total. The van der Waals surface area contributed by atoms with Gasteiger partial charge in [-0.25, -0.2) is 0 Å². The van der Waals surface area contributed by atoms with E-state index in [-0.39, 0.29) is 0 Å². The second-order valence-corrected chi connectivity index (χ2v) is 1.78. The first-order chi connectivity index (χ1) is 4.30. The summed E-state index contributed by atoms with van der Waals surface area (Å²) >= 11 is 0. The molecule has 0 aliphatic heterocycles. The Morgan fingerprint density at radius 2 is 2.44 bits per heavy atom. The lowest BCUT2D eigenvalue weighted by atomic mass is 10.2. The summed E-state index contributed by atoms with van der Waals surface area (Å²) in [4.78, 5) is 0. The van der Waals surface area contributed by atoms with Crippen molar-refractivity contribution in [3.63, 3.8) is 0 Å². The summed E-state index contributed by atoms with van der Waals surface area (Å²) in [7, 11) is 0. The molecular formula is C7H8NO. The quantitative estimate of drug-likeness (QED) is 0.531. The van der Waals surface area contributed by atoms with Crippen LogP contribution in [0, 0.1) is 6.07 Å². The minimum atomic E-state index is -0.873. The van der Waals surface area contributed by atoms with Crippen LogP contribution in [0.4, 0.5) is 0 Å². The molecule has 1 atom stereocenters. The van der Waals surface area contributed by atoms with E-state index in [1.165, 1.54) is 0 Å². The van der Waals surface area contributed by atoms with Crippen LogP contribution >= 0.6 is 0 Å². The molecule has 0 amide bonds. The Morgan fingerprint density at radius 3 is 2.78 bits per heavy atom. The Bertz CT molecular complexity index is 172. The van der Waals surface area contributed by atoms with Crippen LogP contribution in [0.25, 0.3) is 0 Å². The summed E-state index contributed by atoms with van der Waals surface area (Å²) < 4.78 is 0. The highest BCUT2D eigenvalue weighted by atomic mass is 16.3. The average Bonchev–Trinajstić information content (AvgIpc) is 1.90. The maximum Gasteiger partial charge on any atom is 0.128 e. The summed E-state index contributed by atoms with van der Waals surface area (Å²) in [5.74, 6) is 0. The van der Waals surface area contributed by atoms with Gasteiger partial charge in [0, 0.05) is 0 Å². The highest BCUT2D eigenvalue weighted by Gasteiger charge is 1.95. The Kier molecular flexibility index (Phi) is 1.82. The monoisotopic (exact) mass is 122 g/mol. The fourth-order valence-corrected chi connectivity index (χ4v) is 0.591. The highest BCUT2D eigenvalue weighted by Crippen LogP contribution is 2.03. The summed E-state index contributed by atoms with van der Waals surface area (Å²) in [6, 6.07) is 9.75. The topological polar surface area (TPSA) is 46.2 Å². The van der Waals surface area contributed by atoms with Crippen LogP contribution in [0.1, 0.15) is 11.8 Å². The van der Waals surface area contributed by atoms with Crippen LogP contribution in [0.15, 0.2) is 24.3 Å². The van der Waals surface area contributed by atoms with Crippen molar-refractivity contribution in [3.05, 3.63) is 35.9 Å². The van der Waals surface area contributed by atoms with Crippen LogP contribution in [0.3, 0.4) is 0 Å². The van der Waals surface area contributed by atoms with Crippen molar-refractivity contribution in [1.29, 1.82) is 0 Å². The molecular weight excluding hydrogens is 114 g/mol. The zero-order valence-corrected chi connectivity index (χ0v) is 4.91. The number of hydrogen-bond acceptors (Lipinski definition) is 2. The lowest BCUT2D eigenvalue weighted by Crippen LogP contribution is -2.07. The van der Waals surface area contributed by atoms with Crippen LogP contribution in [-0.4, -0.2) is 5.11 Å². The Labute approximate surface area is 53.9 Å². The van der Waals surface area contributed by atoms with E-state index in [1.54, 1.807) is 24.3 Å². The number of nitrogens with two attached hydrogens (primary N) is 1. The van der Waals surface area contributed by atoms with Gasteiger partial charge in [0.05, 0.1) is 0 Å². The minimum absolute atomic E-state index is 0.692. The summed E-state index contributed by atoms with van der Waals surface area (Å²) in [6.07, 6.45) is -0.873. The normalized spacial score (nSPS) is 13.1. The molecule has 0 aliphatic carbocycles. The van der Waals surface area contributed by atoms with Crippen LogP contribution in [0.2, 0.25) is 0 Å². The number of hydrogen-bond donors (Lipinski definition) is 2. The zero-order valence-electron chi connectivity index (χ0n) is 4.91. The average molecular weight is 122 g/mol. The molecule has 2 nitrogen and oxygen atoms in total. The van der Waals surface area contributed by atoms with E-state index in [0.29, 0.717) is 5.56 Å². The number of rotatable bonds is 1. The second-order valence-electron chi connectivity index (χ2n) is 1.78. The summed E-state index contributed by atoms with van der Waals surface area (Å²) in [5.41, 5.74) is 5.84. The van der Waals surface area contributed by atoms with E-state index in [2.05, 4.69) is 6.07 Å². The largest absolute Gasteiger partial charge is 0.375 e. The minimum Gasteiger partial charge on any atom is -0.375 e. The van der Waals surface area contributed by atoms with Crippen LogP contribution < -0.4 is 5.73 Å². The molecule has 0 spiro atoms. The van der Waals surface area contributed by atoms with Gasteiger partial charge in [-0.05, 0) is 17.7 Å². The van der Waals surface area contributed by atoms with Crippen molar-refractivity contribution < 1.29 is 5.11 Å². The second kappa shape index (κ2) is 2.62. The molecule has 1 rings (SSSR count). The Hall–Kier alpha value is -0.860. The number of aliphatic hydroxyl groups excluding tert-OH is 1. The molecule has 0 saturated heterocycles. The van der Waals surface area contributed by atoms with Gasteiger partial charge in [-0.3, -0.25) is 0 Å². The molecule has 0 saturated carbocycles. The van der Waals surface area contributed by atoms with Crippen molar-refractivity contribution >= 4 is 0 Å². The van der Waals surface area contributed by atoms with E-state index in [1.807, 2.05) is 0 Å². The fourth-order valence-electron chi connectivity index (χ4n) is 0.591. The van der Waals surface area contributed by atoms with E-state index < -0.39 is 6.23 Å². The van der Waals surface area contributed by atoms with Gasteiger partial charge in [-0.15, -0.1) is 0 Å². The molecule has 0 bridgehead atoms. The molecule has 1 radical (unpaired) electrons. The standard InChI is InChI=1S/C7H8NO/c8-7(9)6-4-2-1-3-5-6/h1-2,4-5,7,9H,8H2. The molecule has 1 unspecified atom stereocenters. The molecule has 0 aliphatic rings. The van der Waals surface area contributed by atoms with Gasteiger partial charge >= 0.3 is 0 Å². The van der Waals surface area contributed by atoms with E-state index in [0.717, 1.165) is 0 Å². The third-order valence-corrected chi connectivity index (χ3v) is 1.07. The van der Waals surface area contributed by atoms with Gasteiger partial charge in [0.15, 0.2) is 0 Å². The number of aliphatic hydroxyl groups is 1. The van der Waals surface area contributed by atoms with Gasteiger partial charge in [0.25, 0.3) is 0 Å². The third kappa shape index (κ3) is 1.52. The lowest BCUT2D eigenvalue weighted by Gasteiger charge is -2.00. The maximum atomic E-state index is 8.78. The first-order valence-electron chi connectivity index (χ1n) is 2.70. The van der Waals surface area contributed by atoms with E-state index in [4.69, 9.17) is 10.8 Å². The number of benzene rings is 1. The Balaban J connectivity index is 2.85. The van der Waals surface area contributed by atoms with E-state index in [9.17, 15) is 0 Å². The van der Waals surface area contributed by atoms with E-state index >= 15 is 0 Å². The van der Waals surface area contributed by atoms with Crippen molar-refractivity contribution in [3.8, 4) is 0 Å². The molecule has 2 heteroatoms. The highest BCUT2D eigenvalue weighted by molar-refractivity contribution is 5.14. The molecule has 9 heavy (non-hydrogen) atoms. The van der Waals surface area contributed by atoms with Gasteiger partial charge in [0.2, 0.25) is 0 Å². The predicted molar refractivity (Wildman–Crippen MR) is 34.4 cm³/mol. The van der Waals surface area contributed by atoms with Crippen molar-refractivity contribution in [2.45, 2.75) is 6.23 Å². The van der Waals surface area contributed by atoms with Gasteiger partial charge in [-0.1, -0.05) is 18.2 Å². The first kappa shape index (κ1) is 6.26. The van der Waals surface area contributed by atoms with Crippen LogP contribution in [-0.2, 0) is 0 Å². The zero-order chi connectivity index (χ0) is 6.69. The third-order valence-electron chi connectivity index (χ3n) is 1.07.